The molecule has 2 aromatic rings. The Hall–Kier alpha value is -1.81. The molecule has 18 heavy (non-hydrogen) atoms. The van der Waals surface area contributed by atoms with E-state index in [0.717, 1.165) is 16.5 Å². The van der Waals surface area contributed by atoms with Crippen LogP contribution in [0.5, 0.6) is 0 Å². The third-order valence-electron chi connectivity index (χ3n) is 2.87. The molecule has 0 radical (unpaired) electrons. The first-order valence-corrected chi connectivity index (χ1v) is 6.00. The second kappa shape index (κ2) is 5.69. The summed E-state index contributed by atoms with van der Waals surface area (Å²) in [5.74, 6) is -0.328. The summed E-state index contributed by atoms with van der Waals surface area (Å²) in [7, 11) is 1.38. The molecule has 4 nitrogen and oxygen atoms in total. The maximum Gasteiger partial charge on any atom is 0.335 e. The molecule has 2 rings (SSSR count). The van der Waals surface area contributed by atoms with Gasteiger partial charge in [-0.3, -0.25) is 0 Å². The minimum atomic E-state index is -0.531. The van der Waals surface area contributed by atoms with Gasteiger partial charge in [0, 0.05) is 24.7 Å². The molecule has 1 aromatic carbocycles. The Morgan fingerprint density at radius 3 is 2.94 bits per heavy atom. The third-order valence-corrected chi connectivity index (χ3v) is 2.87. The molecule has 0 bridgehead atoms. The molecule has 1 unspecified atom stereocenters. The van der Waals surface area contributed by atoms with Gasteiger partial charge in [-0.05, 0) is 36.1 Å². The maximum atomic E-state index is 11.6. The number of benzene rings is 1. The van der Waals surface area contributed by atoms with Gasteiger partial charge in [0.25, 0.3) is 0 Å². The van der Waals surface area contributed by atoms with Crippen molar-refractivity contribution >= 4 is 16.9 Å². The van der Waals surface area contributed by atoms with Crippen LogP contribution in [0.4, 0.5) is 0 Å². The van der Waals surface area contributed by atoms with Crippen molar-refractivity contribution < 1.29 is 14.3 Å². The Kier molecular flexibility index (Phi) is 3.99. The second-order valence-electron chi connectivity index (χ2n) is 4.07. The summed E-state index contributed by atoms with van der Waals surface area (Å²) in [6.45, 7) is 2.36. The Morgan fingerprint density at radius 2 is 2.22 bits per heavy atom. The summed E-state index contributed by atoms with van der Waals surface area (Å²) in [6.07, 6.45) is 1.90. The molecule has 0 aliphatic rings. The number of carbonyl (C=O) groups excluding carboxylic acids is 1. The van der Waals surface area contributed by atoms with Gasteiger partial charge in [-0.2, -0.15) is 0 Å². The first kappa shape index (κ1) is 12.6. The molecular weight excluding hydrogens is 230 g/mol. The van der Waals surface area contributed by atoms with Gasteiger partial charge in [0.1, 0.15) is 0 Å². The van der Waals surface area contributed by atoms with Crippen molar-refractivity contribution in [2.75, 3.05) is 13.7 Å². The Balaban J connectivity index is 2.16. The molecule has 0 aliphatic carbocycles. The summed E-state index contributed by atoms with van der Waals surface area (Å²) in [5.41, 5.74) is 2.15. The van der Waals surface area contributed by atoms with Crippen LogP contribution in [0.3, 0.4) is 0 Å². The number of fused-ring (bicyclic) bond motifs is 1. The van der Waals surface area contributed by atoms with E-state index in [-0.39, 0.29) is 5.97 Å². The van der Waals surface area contributed by atoms with Gasteiger partial charge in [-0.25, -0.2) is 4.79 Å². The minimum Gasteiger partial charge on any atom is -0.467 e. The number of aromatic nitrogens is 1. The van der Waals surface area contributed by atoms with E-state index in [2.05, 4.69) is 11.1 Å². The zero-order valence-electron chi connectivity index (χ0n) is 10.6. The van der Waals surface area contributed by atoms with Crippen LogP contribution >= 0.6 is 0 Å². The average Bonchev–Trinajstić information content (AvgIpc) is 2.84. The van der Waals surface area contributed by atoms with Crippen molar-refractivity contribution in [2.24, 2.45) is 0 Å². The van der Waals surface area contributed by atoms with E-state index >= 15 is 0 Å². The Bertz CT molecular complexity index is 533. The number of H-pyrrole nitrogens is 1. The molecule has 4 heteroatoms. The smallest absolute Gasteiger partial charge is 0.335 e. The van der Waals surface area contributed by atoms with Crippen LogP contribution in [0.2, 0.25) is 0 Å². The largest absolute Gasteiger partial charge is 0.467 e. The first-order valence-electron chi connectivity index (χ1n) is 6.00. The summed E-state index contributed by atoms with van der Waals surface area (Å²) in [6, 6.07) is 8.06. The second-order valence-corrected chi connectivity index (χ2v) is 4.07. The number of ether oxygens (including phenoxy) is 2. The molecular formula is C14H17NO3. The molecule has 0 fully saturated rings. The zero-order valence-corrected chi connectivity index (χ0v) is 10.6. The van der Waals surface area contributed by atoms with Gasteiger partial charge in [0.05, 0.1) is 7.11 Å². The van der Waals surface area contributed by atoms with Gasteiger partial charge in [0.2, 0.25) is 0 Å². The lowest BCUT2D eigenvalue weighted by Gasteiger charge is -2.14. The predicted octanol–water partition coefficient (Wildman–Crippen LogP) is 2.29. The molecule has 1 N–H and O–H groups in total. The van der Waals surface area contributed by atoms with Crippen LogP contribution in [0.15, 0.2) is 30.5 Å². The Labute approximate surface area is 106 Å². The molecule has 1 atom stereocenters. The van der Waals surface area contributed by atoms with E-state index < -0.39 is 6.10 Å². The van der Waals surface area contributed by atoms with Crippen LogP contribution in [0, 0.1) is 0 Å². The van der Waals surface area contributed by atoms with Crippen molar-refractivity contribution in [3.05, 3.63) is 36.0 Å². The number of methoxy groups -OCH3 is 1. The van der Waals surface area contributed by atoms with Crippen molar-refractivity contribution in [1.29, 1.82) is 0 Å². The lowest BCUT2D eigenvalue weighted by atomic mass is 10.1. The number of esters is 1. The molecule has 0 saturated carbocycles. The number of hydrogen-bond acceptors (Lipinski definition) is 3. The van der Waals surface area contributed by atoms with Crippen molar-refractivity contribution in [3.63, 3.8) is 0 Å². The van der Waals surface area contributed by atoms with E-state index in [4.69, 9.17) is 9.47 Å². The molecule has 1 aromatic heterocycles. The topological polar surface area (TPSA) is 51.3 Å². The summed E-state index contributed by atoms with van der Waals surface area (Å²) in [4.78, 5) is 14.7. The van der Waals surface area contributed by atoms with Crippen LogP contribution < -0.4 is 0 Å². The lowest BCUT2D eigenvalue weighted by Crippen LogP contribution is -2.28. The summed E-state index contributed by atoms with van der Waals surface area (Å²) >= 11 is 0. The summed E-state index contributed by atoms with van der Waals surface area (Å²) in [5, 5.41) is 1.13. The van der Waals surface area contributed by atoms with Gasteiger partial charge in [-0.15, -0.1) is 0 Å². The van der Waals surface area contributed by atoms with Crippen molar-refractivity contribution in [3.8, 4) is 0 Å². The highest BCUT2D eigenvalue weighted by molar-refractivity contribution is 5.80. The van der Waals surface area contributed by atoms with Gasteiger partial charge < -0.3 is 14.5 Å². The number of carbonyl (C=O) groups is 1. The van der Waals surface area contributed by atoms with Crippen LogP contribution in [-0.2, 0) is 20.7 Å². The zero-order chi connectivity index (χ0) is 13.0. The van der Waals surface area contributed by atoms with Gasteiger partial charge in [0.15, 0.2) is 6.10 Å². The fraction of sp³-hybridized carbons (Fsp3) is 0.357. The van der Waals surface area contributed by atoms with Gasteiger partial charge in [-0.1, -0.05) is 6.07 Å². The molecule has 1 heterocycles. The van der Waals surface area contributed by atoms with Gasteiger partial charge >= 0.3 is 5.97 Å². The highest BCUT2D eigenvalue weighted by atomic mass is 16.6. The molecule has 0 spiro atoms. The highest BCUT2D eigenvalue weighted by Gasteiger charge is 2.19. The fourth-order valence-corrected chi connectivity index (χ4v) is 1.99. The molecule has 0 aliphatic heterocycles. The number of rotatable bonds is 5. The highest BCUT2D eigenvalue weighted by Crippen LogP contribution is 2.16. The minimum absolute atomic E-state index is 0.328. The van der Waals surface area contributed by atoms with Crippen LogP contribution in [-0.4, -0.2) is 30.8 Å². The standard InChI is InChI=1S/C14H17NO3/c1-3-18-13(14(16)17-2)9-10-4-5-12-11(8-10)6-7-15-12/h4-8,13,15H,3,9H2,1-2H3. The summed E-state index contributed by atoms with van der Waals surface area (Å²) < 4.78 is 10.1. The number of hydrogen-bond donors (Lipinski definition) is 1. The number of nitrogens with one attached hydrogen (secondary N) is 1. The quantitative estimate of drug-likeness (QED) is 0.825. The molecule has 96 valence electrons. The van der Waals surface area contributed by atoms with E-state index in [1.54, 1.807) is 0 Å². The lowest BCUT2D eigenvalue weighted by molar-refractivity contribution is -0.153. The molecule has 0 amide bonds. The van der Waals surface area contributed by atoms with Crippen molar-refractivity contribution in [1.82, 2.24) is 4.98 Å². The van der Waals surface area contributed by atoms with E-state index in [9.17, 15) is 4.79 Å². The number of aromatic amines is 1. The Morgan fingerprint density at radius 1 is 1.39 bits per heavy atom. The van der Waals surface area contributed by atoms with Crippen LogP contribution in [0.1, 0.15) is 12.5 Å². The third kappa shape index (κ3) is 2.71. The molecule has 0 saturated heterocycles. The van der Waals surface area contributed by atoms with E-state index in [0.29, 0.717) is 13.0 Å². The predicted molar refractivity (Wildman–Crippen MR) is 69.4 cm³/mol. The fourth-order valence-electron chi connectivity index (χ4n) is 1.99. The monoisotopic (exact) mass is 247 g/mol. The average molecular weight is 247 g/mol. The SMILES string of the molecule is CCOC(Cc1ccc2[nH]ccc2c1)C(=O)OC. The normalized spacial score (nSPS) is 12.6. The van der Waals surface area contributed by atoms with E-state index in [1.165, 1.54) is 7.11 Å². The maximum absolute atomic E-state index is 11.6. The van der Waals surface area contributed by atoms with Crippen molar-refractivity contribution in [2.45, 2.75) is 19.4 Å². The first-order chi connectivity index (χ1) is 8.74. The van der Waals surface area contributed by atoms with Crippen LogP contribution in [0.25, 0.3) is 10.9 Å². The van der Waals surface area contributed by atoms with E-state index in [1.807, 2.05) is 31.3 Å².